The Bertz CT molecular complexity index is 1130. The van der Waals surface area contributed by atoms with Gasteiger partial charge in [-0.15, -0.1) is 0 Å². The molecule has 0 saturated carbocycles. The number of amides is 2. The summed E-state index contributed by atoms with van der Waals surface area (Å²) >= 11 is 10.1. The second-order valence-corrected chi connectivity index (χ2v) is 8.49. The Morgan fingerprint density at radius 2 is 1.60 bits per heavy atom. The van der Waals surface area contributed by atoms with Crippen molar-refractivity contribution in [1.29, 1.82) is 0 Å². The number of halogens is 2. The average Bonchev–Trinajstić information content (AvgIpc) is 2.74. The molecule has 154 valence electrons. The molecular weight excluding hydrogens is 466 g/mol. The summed E-state index contributed by atoms with van der Waals surface area (Å²) in [6, 6.07) is 17.0. The molecule has 1 heterocycles. The second-order valence-electron chi connectivity index (χ2n) is 7.22. The van der Waals surface area contributed by atoms with Crippen LogP contribution in [-0.2, 0) is 4.79 Å². The smallest absolute Gasteiger partial charge is 0.256 e. The number of piperazine rings is 1. The van der Waals surface area contributed by atoms with Crippen LogP contribution < -0.4 is 10.2 Å². The van der Waals surface area contributed by atoms with Crippen LogP contribution in [0.3, 0.4) is 0 Å². The summed E-state index contributed by atoms with van der Waals surface area (Å²) in [6.07, 6.45) is 0. The molecule has 2 amide bonds. The molecule has 0 aromatic heterocycles. The molecule has 1 fully saturated rings. The fraction of sp³-hybridized carbons (Fsp3) is 0.217. The predicted octanol–water partition coefficient (Wildman–Crippen LogP) is 5.18. The minimum atomic E-state index is -0.190. The van der Waals surface area contributed by atoms with Crippen LogP contribution >= 0.6 is 27.5 Å². The van der Waals surface area contributed by atoms with Gasteiger partial charge in [0.15, 0.2) is 0 Å². The Labute approximate surface area is 188 Å². The normalized spacial score (nSPS) is 14.1. The van der Waals surface area contributed by atoms with E-state index in [1.165, 1.54) is 0 Å². The largest absolute Gasteiger partial charge is 0.365 e. The molecule has 1 aliphatic heterocycles. The number of anilines is 2. The minimum absolute atomic E-state index is 0.0736. The molecule has 0 unspecified atom stereocenters. The van der Waals surface area contributed by atoms with Crippen molar-refractivity contribution in [3.05, 3.63) is 69.7 Å². The topological polar surface area (TPSA) is 52.7 Å². The number of para-hydroxylation sites is 1. The van der Waals surface area contributed by atoms with Gasteiger partial charge in [-0.25, -0.2) is 0 Å². The van der Waals surface area contributed by atoms with E-state index in [1.807, 2.05) is 59.5 Å². The monoisotopic (exact) mass is 485 g/mol. The van der Waals surface area contributed by atoms with Crippen LogP contribution in [0.1, 0.15) is 17.3 Å². The number of carbonyl (C=O) groups excluding carboxylic acids is 2. The van der Waals surface area contributed by atoms with E-state index in [0.29, 0.717) is 42.5 Å². The first-order valence-corrected chi connectivity index (χ1v) is 10.9. The maximum absolute atomic E-state index is 13.2. The van der Waals surface area contributed by atoms with Gasteiger partial charge < -0.3 is 15.1 Å². The zero-order valence-corrected chi connectivity index (χ0v) is 18.8. The van der Waals surface area contributed by atoms with E-state index in [-0.39, 0.29) is 11.8 Å². The maximum Gasteiger partial charge on any atom is 0.256 e. The first-order chi connectivity index (χ1) is 14.5. The molecule has 0 bridgehead atoms. The standard InChI is InChI=1S/C23H21BrClN3O2/c1-15(29)27-11-13-28(14-12-27)22-20(25)9-4-10-21(22)26-23(30)18-7-2-6-17-16(18)5-3-8-19(17)24/h2-10H,11-14H2,1H3,(H,26,30). The summed E-state index contributed by atoms with van der Waals surface area (Å²) < 4.78 is 0.946. The van der Waals surface area contributed by atoms with E-state index in [9.17, 15) is 9.59 Å². The van der Waals surface area contributed by atoms with Crippen LogP contribution in [0.5, 0.6) is 0 Å². The van der Waals surface area contributed by atoms with Crippen LogP contribution in [0.25, 0.3) is 10.8 Å². The summed E-state index contributed by atoms with van der Waals surface area (Å²) in [5.74, 6) is -0.117. The number of hydrogen-bond donors (Lipinski definition) is 1. The van der Waals surface area contributed by atoms with Crippen LogP contribution in [-0.4, -0.2) is 42.9 Å². The molecule has 0 spiro atoms. The Kier molecular flexibility index (Phi) is 5.97. The zero-order valence-electron chi connectivity index (χ0n) is 16.5. The molecule has 4 rings (SSSR count). The lowest BCUT2D eigenvalue weighted by molar-refractivity contribution is -0.129. The Balaban J connectivity index is 1.64. The van der Waals surface area contributed by atoms with Crippen molar-refractivity contribution in [3.8, 4) is 0 Å². The fourth-order valence-electron chi connectivity index (χ4n) is 3.84. The van der Waals surface area contributed by atoms with E-state index < -0.39 is 0 Å². The van der Waals surface area contributed by atoms with E-state index in [4.69, 9.17) is 11.6 Å². The van der Waals surface area contributed by atoms with Crippen molar-refractivity contribution in [1.82, 2.24) is 4.90 Å². The van der Waals surface area contributed by atoms with Crippen LogP contribution in [0.2, 0.25) is 5.02 Å². The number of nitrogens with one attached hydrogen (secondary N) is 1. The number of rotatable bonds is 3. The number of carbonyl (C=O) groups is 2. The quantitative estimate of drug-likeness (QED) is 0.555. The molecule has 7 heteroatoms. The predicted molar refractivity (Wildman–Crippen MR) is 126 cm³/mol. The van der Waals surface area contributed by atoms with Crippen LogP contribution in [0.4, 0.5) is 11.4 Å². The average molecular weight is 487 g/mol. The van der Waals surface area contributed by atoms with Gasteiger partial charge in [0.1, 0.15) is 0 Å². The highest BCUT2D eigenvalue weighted by Gasteiger charge is 2.23. The van der Waals surface area contributed by atoms with Crippen molar-refractivity contribution < 1.29 is 9.59 Å². The third-order valence-electron chi connectivity index (χ3n) is 5.39. The SMILES string of the molecule is CC(=O)N1CCN(c2c(Cl)cccc2NC(=O)c2cccc3c(Br)cccc23)CC1. The van der Waals surface area contributed by atoms with Gasteiger partial charge in [0.25, 0.3) is 5.91 Å². The Morgan fingerprint density at radius 3 is 2.33 bits per heavy atom. The van der Waals surface area contributed by atoms with Gasteiger partial charge in [-0.2, -0.15) is 0 Å². The van der Waals surface area contributed by atoms with Gasteiger partial charge >= 0.3 is 0 Å². The molecule has 0 aliphatic carbocycles. The van der Waals surface area contributed by atoms with Crippen molar-refractivity contribution in [2.45, 2.75) is 6.92 Å². The highest BCUT2D eigenvalue weighted by Crippen LogP contribution is 2.35. The number of nitrogens with zero attached hydrogens (tertiary/aromatic N) is 2. The van der Waals surface area contributed by atoms with E-state index >= 15 is 0 Å². The van der Waals surface area contributed by atoms with Crippen LogP contribution in [0.15, 0.2) is 59.1 Å². The molecule has 3 aromatic rings. The Hall–Kier alpha value is -2.57. The number of fused-ring (bicyclic) bond motifs is 1. The summed E-state index contributed by atoms with van der Waals surface area (Å²) in [6.45, 7) is 4.16. The maximum atomic E-state index is 13.2. The van der Waals surface area contributed by atoms with Gasteiger partial charge in [-0.1, -0.05) is 57.9 Å². The Morgan fingerprint density at radius 1 is 0.933 bits per heavy atom. The van der Waals surface area contributed by atoms with Crippen molar-refractivity contribution >= 4 is 61.5 Å². The number of hydrogen-bond acceptors (Lipinski definition) is 3. The first-order valence-electron chi connectivity index (χ1n) is 9.73. The molecule has 1 saturated heterocycles. The van der Waals surface area contributed by atoms with E-state index in [1.54, 1.807) is 6.92 Å². The summed E-state index contributed by atoms with van der Waals surface area (Å²) in [7, 11) is 0. The summed E-state index contributed by atoms with van der Waals surface area (Å²) in [4.78, 5) is 28.8. The van der Waals surface area contributed by atoms with Gasteiger partial charge in [-0.05, 0) is 35.0 Å². The highest BCUT2D eigenvalue weighted by atomic mass is 79.9. The fourth-order valence-corrected chi connectivity index (χ4v) is 4.63. The lowest BCUT2D eigenvalue weighted by Crippen LogP contribution is -2.48. The zero-order chi connectivity index (χ0) is 21.3. The van der Waals surface area contributed by atoms with Crippen molar-refractivity contribution in [2.75, 3.05) is 36.4 Å². The van der Waals surface area contributed by atoms with E-state index in [2.05, 4.69) is 26.1 Å². The molecule has 1 N–H and O–H groups in total. The lowest BCUT2D eigenvalue weighted by atomic mass is 10.0. The third kappa shape index (κ3) is 4.02. The highest BCUT2D eigenvalue weighted by molar-refractivity contribution is 9.10. The molecule has 3 aromatic carbocycles. The molecule has 0 atom stereocenters. The van der Waals surface area contributed by atoms with Gasteiger partial charge in [0, 0.05) is 43.1 Å². The van der Waals surface area contributed by atoms with Gasteiger partial charge in [0.2, 0.25) is 5.91 Å². The van der Waals surface area contributed by atoms with E-state index in [0.717, 1.165) is 20.9 Å². The summed E-state index contributed by atoms with van der Waals surface area (Å²) in [5.41, 5.74) is 2.05. The lowest BCUT2D eigenvalue weighted by Gasteiger charge is -2.37. The summed E-state index contributed by atoms with van der Waals surface area (Å²) in [5, 5.41) is 5.48. The molecule has 5 nitrogen and oxygen atoms in total. The van der Waals surface area contributed by atoms with Crippen molar-refractivity contribution in [3.63, 3.8) is 0 Å². The number of benzene rings is 3. The van der Waals surface area contributed by atoms with Gasteiger partial charge in [0.05, 0.1) is 16.4 Å². The van der Waals surface area contributed by atoms with Gasteiger partial charge in [-0.3, -0.25) is 9.59 Å². The second kappa shape index (κ2) is 8.66. The molecule has 30 heavy (non-hydrogen) atoms. The van der Waals surface area contributed by atoms with Crippen molar-refractivity contribution in [2.24, 2.45) is 0 Å². The third-order valence-corrected chi connectivity index (χ3v) is 6.39. The molecular formula is C23H21BrClN3O2. The first kappa shape index (κ1) is 20.7. The van der Waals surface area contributed by atoms with Crippen LogP contribution in [0, 0.1) is 0 Å². The molecule has 0 radical (unpaired) electrons. The molecule has 1 aliphatic rings. The minimum Gasteiger partial charge on any atom is -0.365 e.